The van der Waals surface area contributed by atoms with Gasteiger partial charge in [0.25, 0.3) is 0 Å². The van der Waals surface area contributed by atoms with E-state index in [1.807, 2.05) is 25.7 Å². The number of nitrogens with one attached hydrogen (secondary N) is 1. The van der Waals surface area contributed by atoms with Crippen LogP contribution in [0.25, 0.3) is 0 Å². The van der Waals surface area contributed by atoms with Crippen LogP contribution in [0.5, 0.6) is 0 Å². The molecule has 1 saturated carbocycles. The molecule has 122 valence electrons. The molecule has 0 radical (unpaired) electrons. The van der Waals surface area contributed by atoms with Gasteiger partial charge in [-0.1, -0.05) is 6.92 Å². The van der Waals surface area contributed by atoms with Crippen LogP contribution >= 0.6 is 0 Å². The lowest BCUT2D eigenvalue weighted by Crippen LogP contribution is -2.55. The Labute approximate surface area is 128 Å². The van der Waals surface area contributed by atoms with Crippen molar-refractivity contribution in [3.63, 3.8) is 0 Å². The Bertz CT molecular complexity index is 374. The average molecular weight is 298 g/mol. The van der Waals surface area contributed by atoms with Crippen LogP contribution in [0.3, 0.4) is 0 Å². The largest absolute Gasteiger partial charge is 0.444 e. The predicted molar refractivity (Wildman–Crippen MR) is 82.4 cm³/mol. The molecule has 1 aliphatic heterocycles. The molecule has 1 amide bonds. The Morgan fingerprint density at radius 2 is 2.14 bits per heavy atom. The van der Waals surface area contributed by atoms with Gasteiger partial charge >= 0.3 is 6.09 Å². The minimum Gasteiger partial charge on any atom is -0.444 e. The number of nitrogens with zero attached hydrogens (tertiary/aromatic N) is 1. The number of hydrogen-bond donors (Lipinski definition) is 1. The highest BCUT2D eigenvalue weighted by Gasteiger charge is 2.42. The minimum atomic E-state index is -0.456. The maximum absolute atomic E-state index is 12.3. The average Bonchev–Trinajstić information content (AvgIpc) is 3.13. The second kappa shape index (κ2) is 6.13. The zero-order valence-electron chi connectivity index (χ0n) is 14.1. The van der Waals surface area contributed by atoms with Crippen LogP contribution in [0.2, 0.25) is 0 Å². The molecule has 0 bridgehead atoms. The summed E-state index contributed by atoms with van der Waals surface area (Å²) in [5.41, 5.74) is -0.0194. The maximum Gasteiger partial charge on any atom is 0.410 e. The first kappa shape index (κ1) is 16.6. The lowest BCUT2D eigenvalue weighted by Gasteiger charge is -2.37. The third-order valence-electron chi connectivity index (χ3n) is 4.60. The van der Waals surface area contributed by atoms with Crippen LogP contribution in [0.4, 0.5) is 4.79 Å². The monoisotopic (exact) mass is 298 g/mol. The number of carbonyl (C=O) groups excluding carboxylic acids is 1. The van der Waals surface area contributed by atoms with E-state index in [1.54, 1.807) is 0 Å². The van der Waals surface area contributed by atoms with Gasteiger partial charge < -0.3 is 14.8 Å². The van der Waals surface area contributed by atoms with E-state index >= 15 is 0 Å². The molecule has 1 heterocycles. The predicted octanol–water partition coefficient (Wildman–Crippen LogP) is 2.40. The number of carbonyl (C=O) groups is 1. The van der Waals surface area contributed by atoms with Gasteiger partial charge in [-0.05, 0) is 46.0 Å². The topological polar surface area (TPSA) is 50.8 Å². The van der Waals surface area contributed by atoms with Crippen molar-refractivity contribution in [2.45, 2.75) is 65.1 Å². The number of amides is 1. The summed E-state index contributed by atoms with van der Waals surface area (Å²) in [6.07, 6.45) is 2.35. The maximum atomic E-state index is 12.3. The summed E-state index contributed by atoms with van der Waals surface area (Å²) >= 11 is 0. The van der Waals surface area contributed by atoms with Crippen LogP contribution in [-0.2, 0) is 9.47 Å². The molecule has 5 nitrogen and oxygen atoms in total. The molecule has 2 rings (SSSR count). The first-order valence-corrected chi connectivity index (χ1v) is 8.02. The lowest BCUT2D eigenvalue weighted by molar-refractivity contribution is -0.0324. The van der Waals surface area contributed by atoms with Gasteiger partial charge in [-0.25, -0.2) is 4.79 Å². The third kappa shape index (κ3) is 4.58. The van der Waals surface area contributed by atoms with Crippen LogP contribution in [0.15, 0.2) is 0 Å². The number of ether oxygens (including phenoxy) is 2. The standard InChI is InChI=1S/C16H30N2O3/c1-12(16(5)6-7-16)17-10-13-11-20-9-8-18(13)14(19)21-15(2,3)4/h12-13,17H,6-11H2,1-5H3. The van der Waals surface area contributed by atoms with Gasteiger partial charge in [0.2, 0.25) is 0 Å². The van der Waals surface area contributed by atoms with E-state index in [4.69, 9.17) is 9.47 Å². The van der Waals surface area contributed by atoms with Crippen LogP contribution in [-0.4, -0.2) is 55.0 Å². The number of hydrogen-bond acceptors (Lipinski definition) is 4. The Morgan fingerprint density at radius 1 is 1.48 bits per heavy atom. The van der Waals surface area contributed by atoms with Crippen molar-refractivity contribution < 1.29 is 14.3 Å². The van der Waals surface area contributed by atoms with E-state index in [1.165, 1.54) is 12.8 Å². The molecule has 0 spiro atoms. The second-order valence-electron chi connectivity index (χ2n) is 7.69. The molecular weight excluding hydrogens is 268 g/mol. The van der Waals surface area contributed by atoms with Gasteiger partial charge in [-0.2, -0.15) is 0 Å². The minimum absolute atomic E-state index is 0.0541. The van der Waals surface area contributed by atoms with E-state index < -0.39 is 5.60 Å². The summed E-state index contributed by atoms with van der Waals surface area (Å²) in [4.78, 5) is 14.1. The molecule has 21 heavy (non-hydrogen) atoms. The summed E-state index contributed by atoms with van der Waals surface area (Å²) in [6.45, 7) is 12.8. The van der Waals surface area contributed by atoms with Gasteiger partial charge in [0.05, 0.1) is 19.3 Å². The van der Waals surface area contributed by atoms with Gasteiger partial charge in [0.1, 0.15) is 5.60 Å². The van der Waals surface area contributed by atoms with Crippen LogP contribution < -0.4 is 5.32 Å². The molecule has 5 heteroatoms. The van der Waals surface area contributed by atoms with Crippen molar-refractivity contribution in [2.24, 2.45) is 5.41 Å². The summed E-state index contributed by atoms with van der Waals surface area (Å²) in [5, 5.41) is 3.57. The third-order valence-corrected chi connectivity index (χ3v) is 4.60. The van der Waals surface area contributed by atoms with Crippen molar-refractivity contribution in [3.05, 3.63) is 0 Å². The molecule has 0 aromatic carbocycles. The van der Waals surface area contributed by atoms with E-state index in [9.17, 15) is 4.79 Å². The summed E-state index contributed by atoms with van der Waals surface area (Å²) in [5.74, 6) is 0. The first-order valence-electron chi connectivity index (χ1n) is 8.02. The quantitative estimate of drug-likeness (QED) is 0.866. The van der Waals surface area contributed by atoms with Gasteiger partial charge in [0.15, 0.2) is 0 Å². The number of rotatable bonds is 4. The molecule has 1 N–H and O–H groups in total. The highest BCUT2D eigenvalue weighted by atomic mass is 16.6. The molecule has 2 unspecified atom stereocenters. The van der Waals surface area contributed by atoms with Crippen LogP contribution in [0.1, 0.15) is 47.5 Å². The molecule has 2 aliphatic rings. The molecule has 0 aromatic rings. The molecule has 1 aliphatic carbocycles. The van der Waals surface area contributed by atoms with Crippen molar-refractivity contribution in [1.29, 1.82) is 0 Å². The Hall–Kier alpha value is -0.810. The highest BCUT2D eigenvalue weighted by Crippen LogP contribution is 2.47. The number of morpholine rings is 1. The smallest absolute Gasteiger partial charge is 0.410 e. The molecule has 1 saturated heterocycles. The van der Waals surface area contributed by atoms with E-state index in [2.05, 4.69) is 19.2 Å². The van der Waals surface area contributed by atoms with Gasteiger partial charge in [-0.15, -0.1) is 0 Å². The Balaban J connectivity index is 1.87. The molecule has 2 atom stereocenters. The fourth-order valence-corrected chi connectivity index (χ4v) is 2.57. The normalized spacial score (nSPS) is 26.3. The highest BCUT2D eigenvalue weighted by molar-refractivity contribution is 5.68. The van der Waals surface area contributed by atoms with Gasteiger partial charge in [0, 0.05) is 19.1 Å². The van der Waals surface area contributed by atoms with Crippen LogP contribution in [0, 0.1) is 5.41 Å². The molecule has 2 fully saturated rings. The van der Waals surface area contributed by atoms with E-state index in [0.29, 0.717) is 31.2 Å². The van der Waals surface area contributed by atoms with Gasteiger partial charge in [-0.3, -0.25) is 4.90 Å². The summed E-state index contributed by atoms with van der Waals surface area (Å²) < 4.78 is 11.0. The fraction of sp³-hybridized carbons (Fsp3) is 0.938. The Kier molecular flexibility index (Phi) is 4.83. The van der Waals surface area contributed by atoms with E-state index in [-0.39, 0.29) is 12.1 Å². The Morgan fingerprint density at radius 3 is 2.71 bits per heavy atom. The van der Waals surface area contributed by atoms with Crippen molar-refractivity contribution in [2.75, 3.05) is 26.3 Å². The molecule has 0 aromatic heterocycles. The van der Waals surface area contributed by atoms with E-state index in [0.717, 1.165) is 6.54 Å². The fourth-order valence-electron chi connectivity index (χ4n) is 2.57. The first-order chi connectivity index (χ1) is 9.71. The van der Waals surface area contributed by atoms with Crippen molar-refractivity contribution in [3.8, 4) is 0 Å². The summed E-state index contributed by atoms with van der Waals surface area (Å²) in [6, 6.07) is 0.526. The van der Waals surface area contributed by atoms with Crippen molar-refractivity contribution in [1.82, 2.24) is 10.2 Å². The SMILES string of the molecule is CC(NCC1COCCN1C(=O)OC(C)(C)C)C1(C)CC1. The lowest BCUT2D eigenvalue weighted by atomic mass is 10.0. The second-order valence-corrected chi connectivity index (χ2v) is 7.69. The van der Waals surface area contributed by atoms with Crippen molar-refractivity contribution >= 4 is 6.09 Å². The summed E-state index contributed by atoms with van der Waals surface area (Å²) in [7, 11) is 0. The molecular formula is C16H30N2O3. The zero-order chi connectivity index (χ0) is 15.7. The zero-order valence-corrected chi connectivity index (χ0v) is 14.1.